The van der Waals surface area contributed by atoms with Crippen LogP contribution in [0.5, 0.6) is 0 Å². The van der Waals surface area contributed by atoms with E-state index in [0.717, 1.165) is 4.88 Å². The Hall–Kier alpha value is -1.83. The van der Waals surface area contributed by atoms with Crippen LogP contribution in [-0.4, -0.2) is 18.2 Å². The highest BCUT2D eigenvalue weighted by atomic mass is 35.5. The number of thiophene rings is 1. The molecule has 0 saturated carbocycles. The Bertz CT molecular complexity index is 948. The van der Waals surface area contributed by atoms with Crippen LogP contribution in [-0.2, 0) is 10.0 Å². The second-order valence-electron chi connectivity index (χ2n) is 5.51. The average molecular weight is 382 g/mol. The minimum atomic E-state index is -3.78. The van der Waals surface area contributed by atoms with E-state index in [-0.39, 0.29) is 10.9 Å². The molecule has 0 unspecified atom stereocenters. The largest absolute Gasteiger partial charge is 0.279 e. The van der Waals surface area contributed by atoms with Gasteiger partial charge in [0, 0.05) is 17.3 Å². The first-order chi connectivity index (χ1) is 11.4. The van der Waals surface area contributed by atoms with Gasteiger partial charge in [-0.25, -0.2) is 8.42 Å². The molecular formula is C16H16ClN3O2S2. The number of halogens is 1. The third kappa shape index (κ3) is 3.48. The molecule has 0 atom stereocenters. The molecule has 24 heavy (non-hydrogen) atoms. The minimum absolute atomic E-state index is 0.0545. The van der Waals surface area contributed by atoms with E-state index >= 15 is 0 Å². The zero-order valence-electron chi connectivity index (χ0n) is 13.1. The van der Waals surface area contributed by atoms with Gasteiger partial charge in [0.25, 0.3) is 10.0 Å². The van der Waals surface area contributed by atoms with Crippen LogP contribution in [0, 0.1) is 0 Å². The first-order valence-corrected chi connectivity index (χ1v) is 10.0. The van der Waals surface area contributed by atoms with Gasteiger partial charge in [-0.1, -0.05) is 23.7 Å². The lowest BCUT2D eigenvalue weighted by atomic mass is 10.3. The third-order valence-electron chi connectivity index (χ3n) is 3.35. The lowest BCUT2D eigenvalue weighted by molar-refractivity contribution is 0.532. The lowest BCUT2D eigenvalue weighted by Gasteiger charge is -2.08. The van der Waals surface area contributed by atoms with Crippen LogP contribution in [0.15, 0.2) is 52.9 Å². The van der Waals surface area contributed by atoms with Crippen LogP contribution >= 0.6 is 22.9 Å². The highest BCUT2D eigenvalue weighted by molar-refractivity contribution is 7.92. The summed E-state index contributed by atoms with van der Waals surface area (Å²) in [5, 5.41) is 6.82. The second kappa shape index (κ2) is 6.58. The zero-order chi connectivity index (χ0) is 17.3. The maximum absolute atomic E-state index is 12.9. The Morgan fingerprint density at radius 1 is 1.25 bits per heavy atom. The molecule has 0 aliphatic carbocycles. The molecule has 1 aromatic carbocycles. The molecule has 8 heteroatoms. The summed E-state index contributed by atoms with van der Waals surface area (Å²) in [4.78, 5) is 0.958. The molecule has 0 radical (unpaired) electrons. The Balaban J connectivity index is 2.06. The molecule has 5 nitrogen and oxygen atoms in total. The number of nitrogens with one attached hydrogen (secondary N) is 1. The quantitative estimate of drug-likeness (QED) is 0.699. The topological polar surface area (TPSA) is 64.0 Å². The van der Waals surface area contributed by atoms with E-state index in [1.54, 1.807) is 35.1 Å². The molecule has 0 amide bonds. The van der Waals surface area contributed by atoms with Crippen LogP contribution in [0.4, 0.5) is 5.69 Å². The fourth-order valence-corrected chi connectivity index (χ4v) is 4.36. The summed E-state index contributed by atoms with van der Waals surface area (Å²) in [5.74, 6) is 0. The Morgan fingerprint density at radius 2 is 2.04 bits per heavy atom. The van der Waals surface area contributed by atoms with Crippen LogP contribution in [0.2, 0.25) is 5.02 Å². The Labute approximate surface area is 150 Å². The van der Waals surface area contributed by atoms with Crippen molar-refractivity contribution in [1.82, 2.24) is 9.78 Å². The van der Waals surface area contributed by atoms with Crippen molar-refractivity contribution in [3.8, 4) is 10.6 Å². The molecule has 126 valence electrons. The van der Waals surface area contributed by atoms with Gasteiger partial charge in [0.05, 0.1) is 10.6 Å². The number of rotatable bonds is 5. The monoisotopic (exact) mass is 381 g/mol. The highest BCUT2D eigenvalue weighted by Crippen LogP contribution is 2.31. The van der Waals surface area contributed by atoms with Gasteiger partial charge in [-0.15, -0.1) is 11.3 Å². The van der Waals surface area contributed by atoms with Crippen molar-refractivity contribution in [3.63, 3.8) is 0 Å². The summed E-state index contributed by atoms with van der Waals surface area (Å²) in [6.07, 6.45) is 1.56. The van der Waals surface area contributed by atoms with E-state index in [1.807, 2.05) is 31.4 Å². The van der Waals surface area contributed by atoms with Gasteiger partial charge < -0.3 is 0 Å². The molecule has 2 aromatic heterocycles. The van der Waals surface area contributed by atoms with Crippen LogP contribution in [0.1, 0.15) is 19.9 Å². The molecule has 0 aliphatic heterocycles. The fraction of sp³-hybridized carbons (Fsp3) is 0.188. The molecule has 0 fully saturated rings. The van der Waals surface area contributed by atoms with Crippen LogP contribution in [0.3, 0.4) is 0 Å². The number of hydrogen-bond donors (Lipinski definition) is 1. The van der Waals surface area contributed by atoms with E-state index in [9.17, 15) is 8.42 Å². The fourth-order valence-electron chi connectivity index (χ4n) is 2.18. The van der Waals surface area contributed by atoms with Gasteiger partial charge in [-0.3, -0.25) is 9.40 Å². The SMILES string of the molecule is CC(C)n1cc(S(=O)(=O)Nc2cccc(Cl)c2)c(-c2cccs2)n1. The van der Waals surface area contributed by atoms with Gasteiger partial charge in [0.1, 0.15) is 10.6 Å². The van der Waals surface area contributed by atoms with E-state index in [0.29, 0.717) is 16.4 Å². The van der Waals surface area contributed by atoms with Gasteiger partial charge in [0.15, 0.2) is 0 Å². The van der Waals surface area contributed by atoms with Crippen LogP contribution in [0.25, 0.3) is 10.6 Å². The smallest absolute Gasteiger partial charge is 0.265 e. The summed E-state index contributed by atoms with van der Waals surface area (Å²) < 4.78 is 29.9. The molecule has 0 saturated heterocycles. The molecule has 0 bridgehead atoms. The first kappa shape index (κ1) is 17.0. The maximum Gasteiger partial charge on any atom is 0.265 e. The molecule has 0 aliphatic rings. The van der Waals surface area contributed by atoms with Gasteiger partial charge in [-0.05, 0) is 43.5 Å². The number of hydrogen-bond acceptors (Lipinski definition) is 4. The molecular weight excluding hydrogens is 366 g/mol. The van der Waals surface area contributed by atoms with E-state index in [4.69, 9.17) is 11.6 Å². The number of benzene rings is 1. The van der Waals surface area contributed by atoms with Gasteiger partial charge >= 0.3 is 0 Å². The standard InChI is InChI=1S/C16H16ClN3O2S2/c1-11(2)20-10-15(16(18-20)14-7-4-8-23-14)24(21,22)19-13-6-3-5-12(17)9-13/h3-11,19H,1-2H3. The van der Waals surface area contributed by atoms with E-state index < -0.39 is 10.0 Å². The molecule has 3 rings (SSSR count). The number of aromatic nitrogens is 2. The summed E-state index contributed by atoms with van der Waals surface area (Å²) in [6.45, 7) is 3.90. The first-order valence-electron chi connectivity index (χ1n) is 7.28. The Kier molecular flexibility index (Phi) is 4.67. The van der Waals surface area contributed by atoms with Crippen molar-refractivity contribution < 1.29 is 8.42 Å². The van der Waals surface area contributed by atoms with Crippen molar-refractivity contribution in [2.75, 3.05) is 4.72 Å². The predicted octanol–water partition coefficient (Wildman–Crippen LogP) is 4.65. The van der Waals surface area contributed by atoms with Crippen molar-refractivity contribution in [2.24, 2.45) is 0 Å². The summed E-state index contributed by atoms with van der Waals surface area (Å²) in [6, 6.07) is 10.4. The maximum atomic E-state index is 12.9. The normalized spacial score (nSPS) is 11.8. The lowest BCUT2D eigenvalue weighted by Crippen LogP contribution is -2.13. The number of nitrogens with zero attached hydrogens (tertiary/aromatic N) is 2. The van der Waals surface area contributed by atoms with E-state index in [2.05, 4.69) is 9.82 Å². The molecule has 1 N–H and O–H groups in total. The van der Waals surface area contributed by atoms with Crippen molar-refractivity contribution in [1.29, 1.82) is 0 Å². The zero-order valence-corrected chi connectivity index (χ0v) is 15.5. The van der Waals surface area contributed by atoms with Crippen molar-refractivity contribution in [3.05, 3.63) is 53.0 Å². The molecule has 2 heterocycles. The van der Waals surface area contributed by atoms with Gasteiger partial charge in [0.2, 0.25) is 0 Å². The van der Waals surface area contributed by atoms with E-state index in [1.165, 1.54) is 11.3 Å². The predicted molar refractivity (Wildman–Crippen MR) is 98.2 cm³/mol. The number of anilines is 1. The van der Waals surface area contributed by atoms with Crippen molar-refractivity contribution in [2.45, 2.75) is 24.8 Å². The van der Waals surface area contributed by atoms with Crippen LogP contribution < -0.4 is 4.72 Å². The average Bonchev–Trinajstić information content (AvgIpc) is 3.16. The third-order valence-corrected chi connectivity index (χ3v) is 5.84. The summed E-state index contributed by atoms with van der Waals surface area (Å²) in [7, 11) is -3.78. The summed E-state index contributed by atoms with van der Waals surface area (Å²) in [5.41, 5.74) is 0.866. The number of sulfonamides is 1. The minimum Gasteiger partial charge on any atom is -0.279 e. The highest BCUT2D eigenvalue weighted by Gasteiger charge is 2.25. The Morgan fingerprint density at radius 3 is 2.67 bits per heavy atom. The van der Waals surface area contributed by atoms with Crippen molar-refractivity contribution >= 4 is 38.6 Å². The molecule has 3 aromatic rings. The summed E-state index contributed by atoms with van der Waals surface area (Å²) >= 11 is 7.38. The van der Waals surface area contributed by atoms with Gasteiger partial charge in [-0.2, -0.15) is 5.10 Å². The second-order valence-corrected chi connectivity index (χ2v) is 8.54. The molecule has 0 spiro atoms.